The minimum Gasteiger partial charge on any atom is -0.492 e. The van der Waals surface area contributed by atoms with Crippen LogP contribution in [0.1, 0.15) is 45.1 Å². The van der Waals surface area contributed by atoms with Crippen molar-refractivity contribution < 1.29 is 14.6 Å². The number of nitrogens with one attached hydrogen (secondary N) is 2. The van der Waals surface area contributed by atoms with E-state index in [-0.39, 0.29) is 11.0 Å². The van der Waals surface area contributed by atoms with E-state index >= 15 is 0 Å². The molecule has 8 nitrogen and oxygen atoms in total. The topological polar surface area (TPSA) is 91.8 Å². The first-order chi connectivity index (χ1) is 18.2. The molecule has 204 valence electrons. The van der Waals surface area contributed by atoms with Gasteiger partial charge in [0.25, 0.3) is 5.56 Å². The maximum atomic E-state index is 12.7. The second-order valence-electron chi connectivity index (χ2n) is 12.2. The second kappa shape index (κ2) is 9.83. The molecule has 3 aliphatic rings. The summed E-state index contributed by atoms with van der Waals surface area (Å²) >= 11 is 0. The van der Waals surface area contributed by atoms with Gasteiger partial charge in [0.1, 0.15) is 11.3 Å². The molecule has 4 heterocycles. The fourth-order valence-electron chi connectivity index (χ4n) is 5.90. The van der Waals surface area contributed by atoms with Gasteiger partial charge in [-0.3, -0.25) is 9.69 Å². The van der Waals surface area contributed by atoms with Crippen LogP contribution in [-0.2, 0) is 17.4 Å². The van der Waals surface area contributed by atoms with E-state index in [0.717, 1.165) is 73.4 Å². The first-order valence-corrected chi connectivity index (χ1v) is 14.0. The third-order valence-electron chi connectivity index (χ3n) is 8.52. The highest BCUT2D eigenvalue weighted by Gasteiger charge is 2.47. The van der Waals surface area contributed by atoms with Crippen LogP contribution < -0.4 is 15.6 Å². The largest absolute Gasteiger partial charge is 0.492 e. The van der Waals surface area contributed by atoms with Crippen molar-refractivity contribution in [3.63, 3.8) is 0 Å². The molecular weight excluding hydrogens is 480 g/mol. The Kier molecular flexibility index (Phi) is 6.63. The lowest BCUT2D eigenvalue weighted by Crippen LogP contribution is -2.55. The lowest BCUT2D eigenvalue weighted by Gasteiger charge is -2.43. The molecule has 2 aliphatic heterocycles. The number of benzene rings is 1. The Hall–Kier alpha value is -2.65. The van der Waals surface area contributed by atoms with Crippen molar-refractivity contribution in [1.82, 2.24) is 19.8 Å². The quantitative estimate of drug-likeness (QED) is 0.401. The summed E-state index contributed by atoms with van der Waals surface area (Å²) in [4.78, 5) is 18.3. The summed E-state index contributed by atoms with van der Waals surface area (Å²) in [5.41, 5.74) is 2.30. The summed E-state index contributed by atoms with van der Waals surface area (Å²) in [6, 6.07) is 7.84. The molecule has 8 heteroatoms. The Morgan fingerprint density at radius 1 is 1.11 bits per heavy atom. The molecule has 1 saturated carbocycles. The van der Waals surface area contributed by atoms with Gasteiger partial charge in [0.05, 0.1) is 24.4 Å². The molecule has 0 radical (unpaired) electrons. The standard InChI is InChI=1S/C30H40N4O4/c1-29(2,36)20-4-5-26(24(14-20)25-17-33(3)28(35)27-23(25)8-13-32-27)37-19-30(9-10-30)18-34-15-22(16-34)38-21-6-11-31-12-7-21/h4-5,8,13-14,17,21-22,31-32,36H,6-7,9-12,15-16,18-19H2,1-3H3. The molecule has 2 aromatic heterocycles. The number of likely N-dealkylation sites (tertiary alicyclic amines) is 1. The van der Waals surface area contributed by atoms with Gasteiger partial charge >= 0.3 is 0 Å². The van der Waals surface area contributed by atoms with Crippen LogP contribution in [0.4, 0.5) is 0 Å². The zero-order valence-electron chi connectivity index (χ0n) is 22.8. The summed E-state index contributed by atoms with van der Waals surface area (Å²) in [7, 11) is 1.76. The average Bonchev–Trinajstić information content (AvgIpc) is 3.46. The number of aromatic nitrogens is 2. The molecular formula is C30H40N4O4. The van der Waals surface area contributed by atoms with Crippen molar-refractivity contribution in [2.45, 2.75) is 57.3 Å². The van der Waals surface area contributed by atoms with Crippen LogP contribution in [0, 0.1) is 5.41 Å². The highest BCUT2D eigenvalue weighted by atomic mass is 16.5. The Morgan fingerprint density at radius 2 is 1.87 bits per heavy atom. The fraction of sp³-hybridized carbons (Fsp3) is 0.567. The number of H-pyrrole nitrogens is 1. The smallest absolute Gasteiger partial charge is 0.274 e. The zero-order valence-corrected chi connectivity index (χ0v) is 22.8. The second-order valence-corrected chi connectivity index (χ2v) is 12.2. The van der Waals surface area contributed by atoms with Crippen LogP contribution in [0.15, 0.2) is 41.5 Å². The zero-order chi connectivity index (χ0) is 26.5. The predicted molar refractivity (Wildman–Crippen MR) is 149 cm³/mol. The van der Waals surface area contributed by atoms with Gasteiger partial charge in [0, 0.05) is 61.0 Å². The predicted octanol–water partition coefficient (Wildman–Crippen LogP) is 3.37. The van der Waals surface area contributed by atoms with E-state index in [2.05, 4.69) is 15.2 Å². The number of aliphatic hydroxyl groups is 1. The molecule has 0 bridgehead atoms. The minimum atomic E-state index is -0.993. The number of nitrogens with zero attached hydrogens (tertiary/aromatic N) is 2. The highest BCUT2D eigenvalue weighted by Crippen LogP contribution is 2.48. The third kappa shape index (κ3) is 5.15. The van der Waals surface area contributed by atoms with Crippen molar-refractivity contribution >= 4 is 10.9 Å². The van der Waals surface area contributed by atoms with Gasteiger partial charge in [-0.2, -0.15) is 0 Å². The van der Waals surface area contributed by atoms with Crippen LogP contribution in [0.5, 0.6) is 5.75 Å². The number of aromatic amines is 1. The summed E-state index contributed by atoms with van der Waals surface area (Å²) in [6.07, 6.45) is 9.01. The Bertz CT molecular complexity index is 1350. The third-order valence-corrected chi connectivity index (χ3v) is 8.52. The van der Waals surface area contributed by atoms with E-state index in [0.29, 0.717) is 24.3 Å². The molecule has 0 amide bonds. The van der Waals surface area contributed by atoms with Crippen LogP contribution in [0.25, 0.3) is 22.0 Å². The van der Waals surface area contributed by atoms with Gasteiger partial charge in [-0.15, -0.1) is 0 Å². The van der Waals surface area contributed by atoms with Gasteiger partial charge in [0.15, 0.2) is 0 Å². The lowest BCUT2D eigenvalue weighted by atomic mass is 9.93. The first kappa shape index (κ1) is 25.6. The molecule has 3 N–H and O–H groups in total. The molecule has 6 rings (SSSR count). The van der Waals surface area contributed by atoms with E-state index in [4.69, 9.17) is 9.47 Å². The molecule has 3 fully saturated rings. The maximum Gasteiger partial charge on any atom is 0.274 e. The van der Waals surface area contributed by atoms with Crippen molar-refractivity contribution in [2.24, 2.45) is 12.5 Å². The van der Waals surface area contributed by atoms with Crippen LogP contribution >= 0.6 is 0 Å². The number of ether oxygens (including phenoxy) is 2. The van der Waals surface area contributed by atoms with Crippen molar-refractivity contribution in [1.29, 1.82) is 0 Å². The van der Waals surface area contributed by atoms with E-state index in [9.17, 15) is 9.90 Å². The van der Waals surface area contributed by atoms with E-state index < -0.39 is 5.60 Å². The Balaban J connectivity index is 1.18. The number of hydrogen-bond acceptors (Lipinski definition) is 6. The monoisotopic (exact) mass is 520 g/mol. The number of piperidine rings is 1. The van der Waals surface area contributed by atoms with Gasteiger partial charge in [-0.1, -0.05) is 6.07 Å². The number of fused-ring (bicyclic) bond motifs is 1. The van der Waals surface area contributed by atoms with Crippen molar-refractivity contribution in [3.05, 3.63) is 52.6 Å². The fourth-order valence-corrected chi connectivity index (χ4v) is 5.90. The van der Waals surface area contributed by atoms with Crippen LogP contribution in [0.3, 0.4) is 0 Å². The molecule has 0 atom stereocenters. The van der Waals surface area contributed by atoms with Gasteiger partial charge in [-0.05, 0) is 76.4 Å². The minimum absolute atomic E-state index is 0.0659. The molecule has 3 aromatic rings. The van der Waals surface area contributed by atoms with Crippen LogP contribution in [-0.4, -0.2) is 71.1 Å². The van der Waals surface area contributed by atoms with E-state index in [1.165, 1.54) is 12.8 Å². The lowest BCUT2D eigenvalue weighted by molar-refractivity contribution is -0.105. The number of aryl methyl sites for hydroxylation is 1. The SMILES string of the molecule is Cn1cc(-c2cc(C(C)(C)O)ccc2OCC2(CN3CC(OC4CCNCC4)C3)CC2)c2cc[nH]c2c1=O. The van der Waals surface area contributed by atoms with Crippen molar-refractivity contribution in [3.8, 4) is 16.9 Å². The number of hydrogen-bond donors (Lipinski definition) is 3. The Labute approximate surface area is 223 Å². The number of rotatable bonds is 9. The van der Waals surface area contributed by atoms with Gasteiger partial charge in [-0.25, -0.2) is 0 Å². The highest BCUT2D eigenvalue weighted by molar-refractivity contribution is 5.95. The average molecular weight is 521 g/mol. The summed E-state index contributed by atoms with van der Waals surface area (Å²) in [6.45, 7) is 9.42. The van der Waals surface area contributed by atoms with E-state index in [1.54, 1.807) is 31.7 Å². The molecule has 1 aliphatic carbocycles. The van der Waals surface area contributed by atoms with Crippen molar-refractivity contribution in [2.75, 3.05) is 39.3 Å². The number of pyridine rings is 1. The molecule has 0 spiro atoms. The van der Waals surface area contributed by atoms with Gasteiger partial charge < -0.3 is 29.4 Å². The summed E-state index contributed by atoms with van der Waals surface area (Å²) in [5, 5.41) is 15.0. The molecule has 38 heavy (non-hydrogen) atoms. The Morgan fingerprint density at radius 3 is 2.58 bits per heavy atom. The summed E-state index contributed by atoms with van der Waals surface area (Å²) < 4.78 is 14.5. The van der Waals surface area contributed by atoms with Crippen LogP contribution in [0.2, 0.25) is 0 Å². The first-order valence-electron chi connectivity index (χ1n) is 14.0. The van der Waals surface area contributed by atoms with Gasteiger partial charge in [0.2, 0.25) is 0 Å². The normalized spacial score (nSPS) is 20.5. The van der Waals surface area contributed by atoms with E-state index in [1.807, 2.05) is 30.5 Å². The maximum absolute atomic E-state index is 12.7. The summed E-state index contributed by atoms with van der Waals surface area (Å²) in [5.74, 6) is 0.779. The molecule has 2 saturated heterocycles. The molecule has 1 aromatic carbocycles. The molecule has 0 unspecified atom stereocenters.